The van der Waals surface area contributed by atoms with Crippen LogP contribution in [0.15, 0.2) is 82.1 Å². The van der Waals surface area contributed by atoms with E-state index in [0.717, 1.165) is 11.1 Å². The highest BCUT2D eigenvalue weighted by molar-refractivity contribution is 6.57. The van der Waals surface area contributed by atoms with Gasteiger partial charge in [-0.05, 0) is 48.5 Å². The average molecular weight is 461 g/mol. The minimum absolute atomic E-state index is 0.0900. The number of alkyl halides is 2. The molecule has 0 aliphatic carbocycles. The maximum atomic E-state index is 12.9. The van der Waals surface area contributed by atoms with Crippen LogP contribution in [0, 0.1) is 6.92 Å². The van der Waals surface area contributed by atoms with Crippen LogP contribution in [0.5, 0.6) is 0 Å². The van der Waals surface area contributed by atoms with Gasteiger partial charge >= 0.3 is 5.97 Å². The van der Waals surface area contributed by atoms with Gasteiger partial charge in [-0.15, -0.1) is 0 Å². The van der Waals surface area contributed by atoms with Crippen molar-refractivity contribution < 1.29 is 23.1 Å². The summed E-state index contributed by atoms with van der Waals surface area (Å²) in [5.41, 5.74) is 2.71. The molecule has 1 heterocycles. The van der Waals surface area contributed by atoms with Crippen molar-refractivity contribution in [2.45, 2.75) is 33.0 Å². The Kier molecular flexibility index (Phi) is 7.66. The van der Waals surface area contributed by atoms with E-state index in [1.54, 1.807) is 24.3 Å². The fraction of sp³-hybridized carbons (Fsp3) is 0.185. The second-order valence-electron chi connectivity index (χ2n) is 8.15. The third-order valence-electron chi connectivity index (χ3n) is 5.43. The summed E-state index contributed by atoms with van der Waals surface area (Å²) in [4.78, 5) is 24.5. The summed E-state index contributed by atoms with van der Waals surface area (Å²) >= 11 is 0. The number of rotatable bonds is 8. The number of aromatic carboxylic acids is 1. The Bertz CT molecular complexity index is 1370. The third-order valence-corrected chi connectivity index (χ3v) is 5.43. The molecule has 34 heavy (non-hydrogen) atoms. The van der Waals surface area contributed by atoms with Crippen molar-refractivity contribution in [1.82, 2.24) is 0 Å². The molecule has 173 valence electrons. The van der Waals surface area contributed by atoms with Crippen molar-refractivity contribution in [1.29, 1.82) is 0 Å². The zero-order chi connectivity index (χ0) is 25.0. The van der Waals surface area contributed by atoms with Gasteiger partial charge in [-0.2, -0.15) is 0 Å². The van der Waals surface area contributed by atoms with Gasteiger partial charge in [-0.1, -0.05) is 61.5 Å². The summed E-state index contributed by atoms with van der Waals surface area (Å²) in [6.07, 6.45) is 1.67. The minimum atomic E-state index is -2.55. The van der Waals surface area contributed by atoms with Gasteiger partial charge in [-0.3, -0.25) is 4.79 Å². The molecule has 1 atom stereocenters. The van der Waals surface area contributed by atoms with Crippen LogP contribution in [0.3, 0.4) is 0 Å². The predicted octanol–water partition coefficient (Wildman–Crippen LogP) is 5.67. The Labute approximate surface area is 197 Å². The lowest BCUT2D eigenvalue weighted by Gasteiger charge is -2.16. The summed E-state index contributed by atoms with van der Waals surface area (Å²) in [6.45, 7) is 8.98. The molecule has 1 unspecified atom stereocenters. The van der Waals surface area contributed by atoms with Crippen LogP contribution in [0.2, 0.25) is 0 Å². The molecule has 1 aromatic heterocycles. The van der Waals surface area contributed by atoms with Gasteiger partial charge in [0.05, 0.1) is 10.9 Å². The van der Waals surface area contributed by atoms with Crippen molar-refractivity contribution in [3.05, 3.63) is 106 Å². The summed E-state index contributed by atoms with van der Waals surface area (Å²) in [6, 6.07) is 11.6. The standard InChI is InChI=1S/C27H24BF2O4/c1-15-12-20(18(4)28-22-11-6-5-10-19(22)27(32)33)25-21(13-15)23(31)14-24(34-25)16(2)8-7-9-17(3)26(29)30/h5-14,18,26H,2H2,1,3-4H3,(H,32,33)/b8-7-,17-9+. The smallest absolute Gasteiger partial charge is 0.335 e. The Morgan fingerprint density at radius 3 is 2.59 bits per heavy atom. The molecule has 7 heteroatoms. The molecule has 4 nitrogen and oxygen atoms in total. The molecule has 0 amide bonds. The number of halogens is 2. The molecule has 0 bridgehead atoms. The van der Waals surface area contributed by atoms with Crippen molar-refractivity contribution in [3.63, 3.8) is 0 Å². The zero-order valence-electron chi connectivity index (χ0n) is 19.1. The van der Waals surface area contributed by atoms with E-state index in [4.69, 9.17) is 4.42 Å². The van der Waals surface area contributed by atoms with Gasteiger partial charge in [0.15, 0.2) is 12.7 Å². The molecule has 3 aromatic rings. The lowest BCUT2D eigenvalue weighted by atomic mass is 9.56. The number of carboxylic acid groups (broad SMARTS) is 1. The van der Waals surface area contributed by atoms with Crippen molar-refractivity contribution in [2.24, 2.45) is 0 Å². The summed E-state index contributed by atoms with van der Waals surface area (Å²) in [5.74, 6) is -1.08. The van der Waals surface area contributed by atoms with Crippen LogP contribution in [0.25, 0.3) is 16.5 Å². The largest absolute Gasteiger partial charge is 0.478 e. The maximum Gasteiger partial charge on any atom is 0.335 e. The summed E-state index contributed by atoms with van der Waals surface area (Å²) in [7, 11) is 1.82. The molecular weight excluding hydrogens is 437 g/mol. The minimum Gasteiger partial charge on any atom is -0.478 e. The van der Waals surface area contributed by atoms with E-state index >= 15 is 0 Å². The van der Waals surface area contributed by atoms with Crippen LogP contribution in [-0.4, -0.2) is 24.8 Å². The van der Waals surface area contributed by atoms with Crippen molar-refractivity contribution >= 4 is 35.3 Å². The quantitative estimate of drug-likeness (QED) is 0.347. The summed E-state index contributed by atoms with van der Waals surface area (Å²) < 4.78 is 31.4. The highest BCUT2D eigenvalue weighted by Gasteiger charge is 2.20. The Morgan fingerprint density at radius 1 is 1.21 bits per heavy atom. The van der Waals surface area contributed by atoms with Crippen LogP contribution >= 0.6 is 0 Å². The SMILES string of the molecule is C=C(/C=C\C=C(/C)C(F)F)c1cc(=O)c2cc(C)cc(C(C)[B]c3ccccc3C(=O)O)c2o1. The Balaban J connectivity index is 2.04. The topological polar surface area (TPSA) is 67.5 Å². The number of carbonyl (C=O) groups is 1. The number of hydrogen-bond acceptors (Lipinski definition) is 3. The van der Waals surface area contributed by atoms with Gasteiger partial charge in [-0.25, -0.2) is 13.6 Å². The maximum absolute atomic E-state index is 12.9. The lowest BCUT2D eigenvalue weighted by molar-refractivity contribution is 0.0698. The van der Waals surface area contributed by atoms with E-state index in [1.165, 1.54) is 37.3 Å². The first-order valence-corrected chi connectivity index (χ1v) is 10.7. The van der Waals surface area contributed by atoms with E-state index in [-0.39, 0.29) is 28.1 Å². The van der Waals surface area contributed by atoms with Crippen molar-refractivity contribution in [3.8, 4) is 0 Å². The first-order valence-electron chi connectivity index (χ1n) is 10.7. The molecule has 0 fully saturated rings. The molecule has 0 saturated carbocycles. The number of benzene rings is 2. The monoisotopic (exact) mass is 461 g/mol. The second-order valence-corrected chi connectivity index (χ2v) is 8.15. The third kappa shape index (κ3) is 5.60. The molecule has 0 aliphatic rings. The number of carboxylic acids is 1. The van der Waals surface area contributed by atoms with Crippen LogP contribution in [-0.2, 0) is 0 Å². The first-order chi connectivity index (χ1) is 16.1. The molecule has 2 aromatic carbocycles. The molecule has 0 aliphatic heterocycles. The van der Waals surface area contributed by atoms with E-state index in [2.05, 4.69) is 6.58 Å². The molecule has 1 N–H and O–H groups in total. The van der Waals surface area contributed by atoms with Crippen LogP contribution in [0.1, 0.15) is 46.9 Å². The molecule has 0 spiro atoms. The summed E-state index contributed by atoms with van der Waals surface area (Å²) in [5, 5.41) is 9.89. The molecule has 3 rings (SSSR count). The van der Waals surface area contributed by atoms with Gasteiger partial charge in [0.2, 0.25) is 0 Å². The van der Waals surface area contributed by atoms with Crippen LogP contribution in [0.4, 0.5) is 8.78 Å². The molecular formula is C27H24BF2O4. The van der Waals surface area contributed by atoms with Crippen molar-refractivity contribution in [2.75, 3.05) is 0 Å². The zero-order valence-corrected chi connectivity index (χ0v) is 19.1. The van der Waals surface area contributed by atoms with E-state index in [9.17, 15) is 23.5 Å². The van der Waals surface area contributed by atoms with Gasteiger partial charge in [0, 0.05) is 11.6 Å². The number of allylic oxidation sites excluding steroid dienone is 5. The fourth-order valence-electron chi connectivity index (χ4n) is 3.60. The average Bonchev–Trinajstić information content (AvgIpc) is 2.78. The van der Waals surface area contributed by atoms with Gasteiger partial charge in [0.1, 0.15) is 11.3 Å². The normalized spacial score (nSPS) is 12.9. The number of aryl methyl sites for hydroxylation is 1. The second kappa shape index (κ2) is 10.5. The predicted molar refractivity (Wildman–Crippen MR) is 132 cm³/mol. The Hall–Kier alpha value is -3.74. The molecule has 0 saturated heterocycles. The fourth-order valence-corrected chi connectivity index (χ4v) is 3.60. The molecule has 1 radical (unpaired) electrons. The lowest BCUT2D eigenvalue weighted by Crippen LogP contribution is -2.26. The number of fused-ring (bicyclic) bond motifs is 1. The highest BCUT2D eigenvalue weighted by Crippen LogP contribution is 2.28. The van der Waals surface area contributed by atoms with E-state index in [0.29, 0.717) is 22.0 Å². The highest BCUT2D eigenvalue weighted by atomic mass is 19.3. The van der Waals surface area contributed by atoms with Gasteiger partial charge < -0.3 is 9.52 Å². The Morgan fingerprint density at radius 2 is 1.91 bits per heavy atom. The first kappa shape index (κ1) is 24.9. The van der Waals surface area contributed by atoms with Crippen LogP contribution < -0.4 is 10.9 Å². The van der Waals surface area contributed by atoms with E-state index < -0.39 is 12.4 Å². The van der Waals surface area contributed by atoms with Gasteiger partial charge in [0.25, 0.3) is 6.43 Å². The number of hydrogen-bond donors (Lipinski definition) is 1. The van der Waals surface area contributed by atoms with E-state index in [1.807, 2.05) is 27.2 Å².